The number of carbonyl (C=O) groups is 1. The summed E-state index contributed by atoms with van der Waals surface area (Å²) in [6, 6.07) is 8.67. The number of hydrogen-bond acceptors (Lipinski definition) is 4. The van der Waals surface area contributed by atoms with Crippen molar-refractivity contribution in [2.24, 2.45) is 0 Å². The van der Waals surface area contributed by atoms with Crippen LogP contribution in [0.2, 0.25) is 0 Å². The van der Waals surface area contributed by atoms with Crippen LogP contribution < -0.4 is 0 Å². The normalized spacial score (nSPS) is 14.4. The summed E-state index contributed by atoms with van der Waals surface area (Å²) in [4.78, 5) is 18.5. The van der Waals surface area contributed by atoms with E-state index in [0.717, 1.165) is 41.5 Å². The van der Waals surface area contributed by atoms with Gasteiger partial charge in [-0.05, 0) is 73.7 Å². The van der Waals surface area contributed by atoms with Crippen molar-refractivity contribution in [3.8, 4) is 0 Å². The number of carbonyl (C=O) groups excluding carboxylic acids is 1. The molecule has 28 heavy (non-hydrogen) atoms. The van der Waals surface area contributed by atoms with E-state index >= 15 is 0 Å². The lowest BCUT2D eigenvalue weighted by atomic mass is 9.95. The SMILES string of the molecule is C=CC(=N)c1ccc(Cc2cc(C=O)c(CN(C)C3CCCC3)cc2C)cn1. The first-order valence-electron chi connectivity index (χ1n) is 9.96. The summed E-state index contributed by atoms with van der Waals surface area (Å²) < 4.78 is 0. The minimum Gasteiger partial charge on any atom is -0.299 e. The van der Waals surface area contributed by atoms with Crippen LogP contribution >= 0.6 is 0 Å². The van der Waals surface area contributed by atoms with Gasteiger partial charge in [0.05, 0.1) is 11.4 Å². The van der Waals surface area contributed by atoms with Crippen LogP contribution in [0.1, 0.15) is 64.0 Å². The molecule has 0 unspecified atom stereocenters. The van der Waals surface area contributed by atoms with Crippen molar-refractivity contribution >= 4 is 12.0 Å². The Morgan fingerprint density at radius 2 is 2.04 bits per heavy atom. The molecule has 0 saturated heterocycles. The van der Waals surface area contributed by atoms with E-state index in [9.17, 15) is 4.79 Å². The average Bonchev–Trinajstić information content (AvgIpc) is 3.25. The number of pyridine rings is 1. The molecule has 3 rings (SSSR count). The smallest absolute Gasteiger partial charge is 0.150 e. The maximum atomic E-state index is 11.7. The van der Waals surface area contributed by atoms with Crippen molar-refractivity contribution in [1.29, 1.82) is 5.41 Å². The Kier molecular flexibility index (Phi) is 6.53. The van der Waals surface area contributed by atoms with Gasteiger partial charge in [-0.2, -0.15) is 0 Å². The third kappa shape index (κ3) is 4.63. The first-order valence-corrected chi connectivity index (χ1v) is 9.96. The summed E-state index contributed by atoms with van der Waals surface area (Å²) in [5.74, 6) is 0. The Bertz CT molecular complexity index is 864. The van der Waals surface area contributed by atoms with Crippen molar-refractivity contribution in [2.45, 2.75) is 51.6 Å². The zero-order valence-corrected chi connectivity index (χ0v) is 16.9. The predicted octanol–water partition coefficient (Wildman–Crippen LogP) is 4.72. The maximum absolute atomic E-state index is 11.7. The standard InChI is InChI=1S/C24H29N3O/c1-4-23(25)24-10-9-18(14-26-24)12-19-13-21(16-28)20(11-17(19)2)15-27(3)22-7-5-6-8-22/h4,9-11,13-14,16,22,25H,1,5-8,12,15H2,2-3H3. The van der Waals surface area contributed by atoms with Gasteiger partial charge < -0.3 is 0 Å². The number of allylic oxidation sites excluding steroid dienone is 1. The third-order valence-corrected chi connectivity index (χ3v) is 5.79. The zero-order valence-electron chi connectivity index (χ0n) is 16.9. The largest absolute Gasteiger partial charge is 0.299 e. The summed E-state index contributed by atoms with van der Waals surface area (Å²) in [5.41, 5.74) is 6.24. The molecule has 1 aliphatic carbocycles. The minimum absolute atomic E-state index is 0.321. The van der Waals surface area contributed by atoms with Crippen LogP contribution in [0.25, 0.3) is 0 Å². The monoisotopic (exact) mass is 375 g/mol. The van der Waals surface area contributed by atoms with Crippen molar-refractivity contribution in [2.75, 3.05) is 7.05 Å². The molecular formula is C24H29N3O. The van der Waals surface area contributed by atoms with Gasteiger partial charge in [0.1, 0.15) is 6.29 Å². The van der Waals surface area contributed by atoms with Crippen molar-refractivity contribution in [3.63, 3.8) is 0 Å². The predicted molar refractivity (Wildman–Crippen MR) is 114 cm³/mol. The highest BCUT2D eigenvalue weighted by Gasteiger charge is 2.20. The van der Waals surface area contributed by atoms with Crippen LogP contribution in [-0.4, -0.2) is 35.0 Å². The van der Waals surface area contributed by atoms with Gasteiger partial charge in [0.25, 0.3) is 0 Å². The first-order chi connectivity index (χ1) is 13.5. The second-order valence-corrected chi connectivity index (χ2v) is 7.80. The van der Waals surface area contributed by atoms with Crippen LogP contribution in [0, 0.1) is 12.3 Å². The quantitative estimate of drug-likeness (QED) is 0.536. The number of aldehydes is 1. The molecule has 1 N–H and O–H groups in total. The fraction of sp³-hybridized carbons (Fsp3) is 0.375. The Labute approximate surface area is 167 Å². The van der Waals surface area contributed by atoms with Crippen LogP contribution in [0.4, 0.5) is 0 Å². The fourth-order valence-corrected chi connectivity index (χ4v) is 4.02. The highest BCUT2D eigenvalue weighted by Crippen LogP contribution is 2.25. The number of nitrogens with one attached hydrogen (secondary N) is 1. The topological polar surface area (TPSA) is 57.1 Å². The van der Waals surface area contributed by atoms with E-state index in [1.54, 1.807) is 6.20 Å². The van der Waals surface area contributed by atoms with E-state index in [1.165, 1.54) is 37.3 Å². The molecule has 4 heteroatoms. The Hall–Kier alpha value is -2.59. The number of benzene rings is 1. The summed E-state index contributed by atoms with van der Waals surface area (Å²) in [6.45, 7) is 6.54. The first kappa shape index (κ1) is 20.2. The minimum atomic E-state index is 0.321. The van der Waals surface area contributed by atoms with E-state index in [0.29, 0.717) is 17.4 Å². The lowest BCUT2D eigenvalue weighted by molar-refractivity contribution is 0.112. The maximum Gasteiger partial charge on any atom is 0.150 e. The Morgan fingerprint density at radius 1 is 1.29 bits per heavy atom. The third-order valence-electron chi connectivity index (χ3n) is 5.79. The molecule has 0 spiro atoms. The molecular weight excluding hydrogens is 346 g/mol. The number of aryl methyl sites for hydroxylation is 1. The highest BCUT2D eigenvalue weighted by molar-refractivity contribution is 6.04. The summed E-state index contributed by atoms with van der Waals surface area (Å²) in [7, 11) is 2.17. The van der Waals surface area contributed by atoms with Crippen LogP contribution in [0.5, 0.6) is 0 Å². The zero-order chi connectivity index (χ0) is 20.1. The van der Waals surface area contributed by atoms with Gasteiger partial charge in [-0.15, -0.1) is 0 Å². The summed E-state index contributed by atoms with van der Waals surface area (Å²) >= 11 is 0. The molecule has 1 saturated carbocycles. The molecule has 2 aromatic rings. The fourth-order valence-electron chi connectivity index (χ4n) is 4.02. The van der Waals surface area contributed by atoms with E-state index in [1.807, 2.05) is 18.2 Å². The van der Waals surface area contributed by atoms with Gasteiger partial charge in [-0.3, -0.25) is 20.1 Å². The molecule has 4 nitrogen and oxygen atoms in total. The van der Waals surface area contributed by atoms with E-state index < -0.39 is 0 Å². The molecule has 146 valence electrons. The summed E-state index contributed by atoms with van der Waals surface area (Å²) in [5, 5.41) is 7.78. The molecule has 0 radical (unpaired) electrons. The Morgan fingerprint density at radius 3 is 2.64 bits per heavy atom. The van der Waals surface area contributed by atoms with Gasteiger partial charge in [0.15, 0.2) is 0 Å². The van der Waals surface area contributed by atoms with Crippen LogP contribution in [-0.2, 0) is 13.0 Å². The lowest BCUT2D eigenvalue weighted by Gasteiger charge is -2.25. The van der Waals surface area contributed by atoms with Gasteiger partial charge in [0, 0.05) is 24.3 Å². The van der Waals surface area contributed by atoms with Gasteiger partial charge in [0.2, 0.25) is 0 Å². The van der Waals surface area contributed by atoms with Crippen molar-refractivity contribution in [1.82, 2.24) is 9.88 Å². The van der Waals surface area contributed by atoms with E-state index in [2.05, 4.69) is 36.5 Å². The number of aromatic nitrogens is 1. The van der Waals surface area contributed by atoms with Crippen LogP contribution in [0.3, 0.4) is 0 Å². The molecule has 1 aliphatic rings. The molecule has 0 aliphatic heterocycles. The molecule has 1 aromatic carbocycles. The Balaban J connectivity index is 1.77. The second-order valence-electron chi connectivity index (χ2n) is 7.80. The van der Waals surface area contributed by atoms with Crippen LogP contribution in [0.15, 0.2) is 43.1 Å². The van der Waals surface area contributed by atoms with E-state index in [-0.39, 0.29) is 0 Å². The van der Waals surface area contributed by atoms with Gasteiger partial charge in [-0.1, -0.05) is 31.6 Å². The highest BCUT2D eigenvalue weighted by atomic mass is 16.1. The average molecular weight is 376 g/mol. The van der Waals surface area contributed by atoms with Crippen molar-refractivity contribution < 1.29 is 4.79 Å². The van der Waals surface area contributed by atoms with E-state index in [4.69, 9.17) is 5.41 Å². The van der Waals surface area contributed by atoms with Crippen molar-refractivity contribution in [3.05, 3.63) is 76.6 Å². The number of nitrogens with zero attached hydrogens (tertiary/aromatic N) is 2. The molecule has 0 bridgehead atoms. The molecule has 1 aromatic heterocycles. The van der Waals surface area contributed by atoms with Gasteiger partial charge >= 0.3 is 0 Å². The van der Waals surface area contributed by atoms with Gasteiger partial charge in [-0.25, -0.2) is 0 Å². The molecule has 1 fully saturated rings. The second kappa shape index (κ2) is 9.07. The lowest BCUT2D eigenvalue weighted by Crippen LogP contribution is -2.29. The number of rotatable bonds is 8. The summed E-state index contributed by atoms with van der Waals surface area (Å²) in [6.07, 6.45) is 10.1. The molecule has 1 heterocycles. The molecule has 0 amide bonds. The number of hydrogen-bond donors (Lipinski definition) is 1. The molecule has 0 atom stereocenters.